The number of hydrogen-bond acceptors (Lipinski definition) is 3. The summed E-state index contributed by atoms with van der Waals surface area (Å²) in [5, 5.41) is 9.71. The van der Waals surface area contributed by atoms with Crippen molar-refractivity contribution < 1.29 is 14.3 Å². The summed E-state index contributed by atoms with van der Waals surface area (Å²) in [6, 6.07) is 6.95. The van der Waals surface area contributed by atoms with E-state index in [1.165, 1.54) is 0 Å². The minimum absolute atomic E-state index is 0.0637. The van der Waals surface area contributed by atoms with Crippen LogP contribution >= 0.6 is 11.6 Å². The van der Waals surface area contributed by atoms with E-state index in [0.29, 0.717) is 10.6 Å². The van der Waals surface area contributed by atoms with E-state index in [9.17, 15) is 14.3 Å². The van der Waals surface area contributed by atoms with E-state index in [-0.39, 0.29) is 12.2 Å². The van der Waals surface area contributed by atoms with Crippen LogP contribution in [-0.2, 0) is 11.2 Å². The van der Waals surface area contributed by atoms with Crippen LogP contribution in [0, 0.1) is 5.82 Å². The molecule has 98 valence electrons. The highest BCUT2D eigenvalue weighted by atomic mass is 35.5. The fourth-order valence-corrected chi connectivity index (χ4v) is 1.89. The summed E-state index contributed by atoms with van der Waals surface area (Å²) in [4.78, 5) is 18.7. The van der Waals surface area contributed by atoms with Crippen LogP contribution in [0.5, 0.6) is 0 Å². The van der Waals surface area contributed by atoms with Crippen LogP contribution in [0.3, 0.4) is 0 Å². The van der Waals surface area contributed by atoms with Crippen LogP contribution in [0.4, 0.5) is 4.39 Å². The molecule has 1 N–H and O–H groups in total. The van der Waals surface area contributed by atoms with E-state index in [0.717, 1.165) is 12.4 Å². The van der Waals surface area contributed by atoms with E-state index in [1.807, 2.05) is 0 Å². The second-order valence-electron chi connectivity index (χ2n) is 3.95. The second-order valence-corrected chi connectivity index (χ2v) is 4.35. The number of aliphatic carboxylic acids is 1. The minimum Gasteiger partial charge on any atom is -0.481 e. The van der Waals surface area contributed by atoms with Gasteiger partial charge in [-0.15, -0.1) is 0 Å². The predicted molar refractivity (Wildman–Crippen MR) is 67.5 cm³/mol. The molecule has 0 spiro atoms. The minimum atomic E-state index is -1.08. The Bertz CT molecular complexity index is 589. The Morgan fingerprint density at radius 2 is 1.95 bits per heavy atom. The Hall–Kier alpha value is -2.01. The van der Waals surface area contributed by atoms with E-state index in [4.69, 9.17) is 11.6 Å². The van der Waals surface area contributed by atoms with Gasteiger partial charge in [0.1, 0.15) is 11.7 Å². The highest BCUT2D eigenvalue weighted by Gasteiger charge is 2.24. The summed E-state index contributed by atoms with van der Waals surface area (Å²) in [7, 11) is 0. The number of carboxylic acids is 1. The summed E-state index contributed by atoms with van der Waals surface area (Å²) < 4.78 is 12.7. The molecule has 6 heteroatoms. The van der Waals surface area contributed by atoms with Gasteiger partial charge in [-0.05, 0) is 18.1 Å². The SMILES string of the molecule is O=C(O)C(Cc1ccccc1Cl)c1ncc(F)cn1. The molecule has 1 unspecified atom stereocenters. The topological polar surface area (TPSA) is 63.1 Å². The molecule has 1 atom stereocenters. The number of carboxylic acid groups (broad SMARTS) is 1. The number of benzene rings is 1. The van der Waals surface area contributed by atoms with Crippen molar-refractivity contribution >= 4 is 17.6 Å². The molecule has 1 aromatic heterocycles. The zero-order valence-corrected chi connectivity index (χ0v) is 10.5. The highest BCUT2D eigenvalue weighted by Crippen LogP contribution is 2.23. The first kappa shape index (κ1) is 13.4. The van der Waals surface area contributed by atoms with Crippen molar-refractivity contribution in [3.05, 3.63) is 58.9 Å². The Morgan fingerprint density at radius 3 is 2.53 bits per heavy atom. The molecule has 4 nitrogen and oxygen atoms in total. The maximum Gasteiger partial charge on any atom is 0.314 e. The molecule has 0 aliphatic carbocycles. The van der Waals surface area contributed by atoms with Gasteiger partial charge in [-0.2, -0.15) is 0 Å². The van der Waals surface area contributed by atoms with Crippen molar-refractivity contribution in [1.82, 2.24) is 9.97 Å². The molecule has 0 saturated heterocycles. The molecule has 0 aliphatic heterocycles. The average molecular weight is 281 g/mol. The normalized spacial score (nSPS) is 12.1. The number of carbonyl (C=O) groups is 1. The van der Waals surface area contributed by atoms with Crippen molar-refractivity contribution in [2.24, 2.45) is 0 Å². The summed E-state index contributed by atoms with van der Waals surface area (Å²) in [6.45, 7) is 0. The molecule has 0 amide bonds. The van der Waals surface area contributed by atoms with Crippen LogP contribution in [0.2, 0.25) is 5.02 Å². The van der Waals surface area contributed by atoms with Gasteiger partial charge in [0.25, 0.3) is 0 Å². The van der Waals surface area contributed by atoms with Gasteiger partial charge in [-0.3, -0.25) is 4.79 Å². The lowest BCUT2D eigenvalue weighted by Crippen LogP contribution is -2.17. The molecule has 2 rings (SSSR count). The second kappa shape index (κ2) is 5.75. The van der Waals surface area contributed by atoms with E-state index in [1.54, 1.807) is 24.3 Å². The highest BCUT2D eigenvalue weighted by molar-refractivity contribution is 6.31. The largest absolute Gasteiger partial charge is 0.481 e. The molecule has 0 saturated carbocycles. The van der Waals surface area contributed by atoms with Crippen LogP contribution in [0.1, 0.15) is 17.3 Å². The van der Waals surface area contributed by atoms with Gasteiger partial charge in [0.05, 0.1) is 12.4 Å². The van der Waals surface area contributed by atoms with Crippen LogP contribution in [-0.4, -0.2) is 21.0 Å². The fourth-order valence-electron chi connectivity index (χ4n) is 1.68. The Kier molecular flexibility index (Phi) is 4.06. The third-order valence-corrected chi connectivity index (χ3v) is 3.00. The van der Waals surface area contributed by atoms with Gasteiger partial charge in [-0.25, -0.2) is 14.4 Å². The molecule has 0 bridgehead atoms. The lowest BCUT2D eigenvalue weighted by atomic mass is 9.98. The predicted octanol–water partition coefficient (Wildman–Crippen LogP) is 2.68. The number of hydrogen-bond donors (Lipinski definition) is 1. The summed E-state index contributed by atoms with van der Waals surface area (Å²) in [5.41, 5.74) is 0.685. The van der Waals surface area contributed by atoms with Gasteiger partial charge in [-0.1, -0.05) is 29.8 Å². The van der Waals surface area contributed by atoms with Crippen molar-refractivity contribution in [2.75, 3.05) is 0 Å². The first-order chi connectivity index (χ1) is 9.08. The average Bonchev–Trinajstić information content (AvgIpc) is 2.39. The number of nitrogens with zero attached hydrogens (tertiary/aromatic N) is 2. The van der Waals surface area contributed by atoms with Crippen molar-refractivity contribution in [3.8, 4) is 0 Å². The summed E-state index contributed by atoms with van der Waals surface area (Å²) in [6.07, 6.45) is 2.05. The fraction of sp³-hybridized carbons (Fsp3) is 0.154. The third kappa shape index (κ3) is 3.26. The first-order valence-corrected chi connectivity index (χ1v) is 5.89. The van der Waals surface area contributed by atoms with Gasteiger partial charge >= 0.3 is 5.97 Å². The molecule has 0 fully saturated rings. The Labute approximate surface area is 113 Å². The molecule has 1 aromatic carbocycles. The van der Waals surface area contributed by atoms with E-state index in [2.05, 4.69) is 9.97 Å². The Balaban J connectivity index is 2.29. The number of halogens is 2. The maximum absolute atomic E-state index is 12.7. The number of aromatic nitrogens is 2. The van der Waals surface area contributed by atoms with Gasteiger partial charge in [0.2, 0.25) is 0 Å². The quantitative estimate of drug-likeness (QED) is 0.935. The zero-order chi connectivity index (χ0) is 13.8. The molecule has 19 heavy (non-hydrogen) atoms. The maximum atomic E-state index is 12.7. The molecule has 1 heterocycles. The molecule has 2 aromatic rings. The van der Waals surface area contributed by atoms with E-state index >= 15 is 0 Å². The summed E-state index contributed by atoms with van der Waals surface area (Å²) >= 11 is 5.99. The zero-order valence-electron chi connectivity index (χ0n) is 9.75. The third-order valence-electron chi connectivity index (χ3n) is 2.63. The van der Waals surface area contributed by atoms with Crippen molar-refractivity contribution in [2.45, 2.75) is 12.3 Å². The standard InChI is InChI=1S/C13H10ClFN2O2/c14-11-4-2-1-3-8(11)5-10(13(18)19)12-16-6-9(15)7-17-12/h1-4,6-7,10H,5H2,(H,18,19). The van der Waals surface area contributed by atoms with Crippen LogP contribution < -0.4 is 0 Å². The van der Waals surface area contributed by atoms with Crippen molar-refractivity contribution in [1.29, 1.82) is 0 Å². The van der Waals surface area contributed by atoms with Gasteiger partial charge in [0.15, 0.2) is 5.82 Å². The van der Waals surface area contributed by atoms with Crippen molar-refractivity contribution in [3.63, 3.8) is 0 Å². The van der Waals surface area contributed by atoms with E-state index < -0.39 is 17.7 Å². The lowest BCUT2D eigenvalue weighted by Gasteiger charge is -2.11. The first-order valence-electron chi connectivity index (χ1n) is 5.51. The smallest absolute Gasteiger partial charge is 0.314 e. The van der Waals surface area contributed by atoms with Gasteiger partial charge < -0.3 is 5.11 Å². The molecule has 0 radical (unpaired) electrons. The monoisotopic (exact) mass is 280 g/mol. The number of rotatable bonds is 4. The van der Waals surface area contributed by atoms with Crippen LogP contribution in [0.25, 0.3) is 0 Å². The summed E-state index contributed by atoms with van der Waals surface area (Å²) in [5.74, 6) is -2.58. The molecule has 0 aliphatic rings. The molecular weight excluding hydrogens is 271 g/mol. The molecular formula is C13H10ClFN2O2. The Morgan fingerprint density at radius 1 is 1.32 bits per heavy atom. The van der Waals surface area contributed by atoms with Crippen LogP contribution in [0.15, 0.2) is 36.7 Å². The lowest BCUT2D eigenvalue weighted by molar-refractivity contribution is -0.139. The van der Waals surface area contributed by atoms with Gasteiger partial charge in [0, 0.05) is 5.02 Å².